The maximum Gasteiger partial charge on any atom is 0.352 e. The largest absolute Gasteiger partial charge is 0.478 e. The highest BCUT2D eigenvalue weighted by Gasteiger charge is 2.43. The molecule has 1 aliphatic rings. The highest BCUT2D eigenvalue weighted by Crippen LogP contribution is 2.24. The summed E-state index contributed by atoms with van der Waals surface area (Å²) in [6.07, 6.45) is 1.85. The number of hydrogen-bond donors (Lipinski definition) is 2. The van der Waals surface area contributed by atoms with E-state index in [0.29, 0.717) is 18.8 Å². The van der Waals surface area contributed by atoms with Crippen molar-refractivity contribution in [1.82, 2.24) is 15.2 Å². The molecule has 3 rings (SSSR count). The van der Waals surface area contributed by atoms with Crippen LogP contribution in [-0.4, -0.2) is 64.6 Å². The SMILES string of the molecule is CC(C)(C(=O)C(Oc1ccc(-c2ccncc2)cc1)C(=O)O)N1CCNCC1. The molecule has 148 valence electrons. The van der Waals surface area contributed by atoms with Crippen molar-refractivity contribution in [2.75, 3.05) is 26.2 Å². The molecule has 0 aliphatic carbocycles. The molecule has 0 amide bonds. The molecule has 1 saturated heterocycles. The van der Waals surface area contributed by atoms with Gasteiger partial charge in [0.25, 0.3) is 6.10 Å². The highest BCUT2D eigenvalue weighted by atomic mass is 16.5. The van der Waals surface area contributed by atoms with Crippen LogP contribution in [0.3, 0.4) is 0 Å². The van der Waals surface area contributed by atoms with Crippen LogP contribution in [0.1, 0.15) is 13.8 Å². The lowest BCUT2D eigenvalue weighted by Gasteiger charge is -2.40. The molecule has 2 aromatic rings. The summed E-state index contributed by atoms with van der Waals surface area (Å²) in [5, 5.41) is 12.8. The van der Waals surface area contributed by atoms with Gasteiger partial charge in [0, 0.05) is 38.6 Å². The number of ether oxygens (including phenoxy) is 1. The molecule has 7 heteroatoms. The molecule has 1 aromatic heterocycles. The Morgan fingerprint density at radius 3 is 2.21 bits per heavy atom. The first-order chi connectivity index (χ1) is 13.4. The second kappa shape index (κ2) is 8.50. The molecule has 2 heterocycles. The number of benzene rings is 1. The third-order valence-corrected chi connectivity index (χ3v) is 5.09. The fourth-order valence-electron chi connectivity index (χ4n) is 3.32. The van der Waals surface area contributed by atoms with Crippen molar-refractivity contribution in [3.05, 3.63) is 48.8 Å². The van der Waals surface area contributed by atoms with Gasteiger partial charge in [-0.3, -0.25) is 14.7 Å². The molecule has 2 N–H and O–H groups in total. The smallest absolute Gasteiger partial charge is 0.352 e. The molecule has 0 spiro atoms. The topological polar surface area (TPSA) is 91.8 Å². The van der Waals surface area contributed by atoms with Gasteiger partial charge in [-0.1, -0.05) is 12.1 Å². The second-order valence-corrected chi connectivity index (χ2v) is 7.26. The van der Waals surface area contributed by atoms with Crippen molar-refractivity contribution in [2.24, 2.45) is 0 Å². The van der Waals surface area contributed by atoms with E-state index in [9.17, 15) is 14.7 Å². The summed E-state index contributed by atoms with van der Waals surface area (Å²) in [6, 6.07) is 10.8. The van der Waals surface area contributed by atoms with Crippen LogP contribution in [0.2, 0.25) is 0 Å². The van der Waals surface area contributed by atoms with Gasteiger partial charge in [0.1, 0.15) is 5.75 Å². The van der Waals surface area contributed by atoms with Crippen LogP contribution in [0.15, 0.2) is 48.8 Å². The van der Waals surface area contributed by atoms with Crippen molar-refractivity contribution in [1.29, 1.82) is 0 Å². The first-order valence-corrected chi connectivity index (χ1v) is 9.29. The van der Waals surface area contributed by atoms with Crippen LogP contribution in [0.25, 0.3) is 11.1 Å². The Morgan fingerprint density at radius 2 is 1.64 bits per heavy atom. The van der Waals surface area contributed by atoms with E-state index in [-0.39, 0.29) is 0 Å². The van der Waals surface area contributed by atoms with E-state index in [0.717, 1.165) is 24.2 Å². The number of piperazine rings is 1. The summed E-state index contributed by atoms with van der Waals surface area (Å²) in [5.74, 6) is -1.40. The number of ketones is 1. The molecule has 28 heavy (non-hydrogen) atoms. The molecular weight excluding hydrogens is 358 g/mol. The first kappa shape index (κ1) is 20.0. The van der Waals surface area contributed by atoms with E-state index in [1.165, 1.54) is 0 Å². The molecule has 1 atom stereocenters. The van der Waals surface area contributed by atoms with E-state index in [1.54, 1.807) is 38.4 Å². The van der Waals surface area contributed by atoms with Crippen LogP contribution in [-0.2, 0) is 9.59 Å². The number of Topliss-reactive ketones (excluding diaryl/α,β-unsaturated/α-hetero) is 1. The van der Waals surface area contributed by atoms with Crippen molar-refractivity contribution in [3.8, 4) is 16.9 Å². The fourth-order valence-corrected chi connectivity index (χ4v) is 3.32. The van der Waals surface area contributed by atoms with Gasteiger partial charge in [-0.2, -0.15) is 0 Å². The monoisotopic (exact) mass is 383 g/mol. The number of carboxylic acids is 1. The number of pyridine rings is 1. The number of rotatable bonds is 7. The van der Waals surface area contributed by atoms with Gasteiger partial charge in [-0.25, -0.2) is 4.79 Å². The Kier molecular flexibility index (Phi) is 6.06. The highest BCUT2D eigenvalue weighted by molar-refractivity contribution is 6.06. The third kappa shape index (κ3) is 4.37. The van der Waals surface area contributed by atoms with Gasteiger partial charge < -0.3 is 15.2 Å². The molecular formula is C21H25N3O4. The molecule has 0 saturated carbocycles. The van der Waals surface area contributed by atoms with Gasteiger partial charge in [-0.05, 0) is 49.2 Å². The van der Waals surface area contributed by atoms with Gasteiger partial charge in [0.2, 0.25) is 5.78 Å². The minimum Gasteiger partial charge on any atom is -0.478 e. The van der Waals surface area contributed by atoms with E-state index in [2.05, 4.69) is 10.3 Å². The summed E-state index contributed by atoms with van der Waals surface area (Å²) in [5.41, 5.74) is 1.02. The number of hydrogen-bond acceptors (Lipinski definition) is 6. The lowest BCUT2D eigenvalue weighted by Crippen LogP contribution is -2.61. The Morgan fingerprint density at radius 1 is 1.07 bits per heavy atom. The average Bonchev–Trinajstić information content (AvgIpc) is 2.73. The summed E-state index contributed by atoms with van der Waals surface area (Å²) < 4.78 is 5.60. The third-order valence-electron chi connectivity index (χ3n) is 5.09. The second-order valence-electron chi connectivity index (χ2n) is 7.26. The van der Waals surface area contributed by atoms with Crippen LogP contribution in [0.4, 0.5) is 0 Å². The van der Waals surface area contributed by atoms with Gasteiger partial charge in [0.05, 0.1) is 5.54 Å². The van der Waals surface area contributed by atoms with E-state index < -0.39 is 23.4 Å². The van der Waals surface area contributed by atoms with Crippen LogP contribution in [0.5, 0.6) is 5.75 Å². The number of nitrogens with one attached hydrogen (secondary N) is 1. The van der Waals surface area contributed by atoms with Crippen LogP contribution >= 0.6 is 0 Å². The van der Waals surface area contributed by atoms with Crippen molar-refractivity contribution in [2.45, 2.75) is 25.5 Å². The number of aromatic nitrogens is 1. The Hall–Kier alpha value is -2.77. The lowest BCUT2D eigenvalue weighted by molar-refractivity contribution is -0.154. The lowest BCUT2D eigenvalue weighted by atomic mass is 9.91. The van der Waals surface area contributed by atoms with Crippen molar-refractivity contribution < 1.29 is 19.4 Å². The summed E-state index contributed by atoms with van der Waals surface area (Å²) in [7, 11) is 0. The van der Waals surface area contributed by atoms with E-state index >= 15 is 0 Å². The van der Waals surface area contributed by atoms with E-state index in [1.807, 2.05) is 29.2 Å². The molecule has 1 aliphatic heterocycles. The Bertz CT molecular complexity index is 815. The zero-order valence-electron chi connectivity index (χ0n) is 16.1. The molecule has 7 nitrogen and oxygen atoms in total. The number of aliphatic carboxylic acids is 1. The predicted octanol–water partition coefficient (Wildman–Crippen LogP) is 1.83. The zero-order valence-corrected chi connectivity index (χ0v) is 16.1. The molecule has 1 fully saturated rings. The summed E-state index contributed by atoms with van der Waals surface area (Å²) in [6.45, 7) is 6.42. The molecule has 1 unspecified atom stereocenters. The molecule has 0 bridgehead atoms. The van der Waals surface area contributed by atoms with Crippen LogP contribution in [0, 0.1) is 0 Å². The summed E-state index contributed by atoms with van der Waals surface area (Å²) in [4.78, 5) is 30.8. The number of carbonyl (C=O) groups excluding carboxylic acids is 1. The van der Waals surface area contributed by atoms with Gasteiger partial charge >= 0.3 is 5.97 Å². The van der Waals surface area contributed by atoms with Crippen molar-refractivity contribution in [3.63, 3.8) is 0 Å². The number of carboxylic acid groups (broad SMARTS) is 1. The maximum absolute atomic E-state index is 13.0. The van der Waals surface area contributed by atoms with Crippen LogP contribution < -0.4 is 10.1 Å². The quantitative estimate of drug-likeness (QED) is 0.705. The normalized spacial score (nSPS) is 16.4. The minimum absolute atomic E-state index is 0.342. The average molecular weight is 383 g/mol. The Balaban J connectivity index is 1.75. The first-order valence-electron chi connectivity index (χ1n) is 9.29. The molecule has 1 aromatic carbocycles. The number of nitrogens with zero attached hydrogens (tertiary/aromatic N) is 2. The maximum atomic E-state index is 13.0. The van der Waals surface area contributed by atoms with E-state index in [4.69, 9.17) is 4.74 Å². The Labute approximate surface area is 164 Å². The fraction of sp³-hybridized carbons (Fsp3) is 0.381. The van der Waals surface area contributed by atoms with Gasteiger partial charge in [0.15, 0.2) is 0 Å². The van der Waals surface area contributed by atoms with Gasteiger partial charge in [-0.15, -0.1) is 0 Å². The summed E-state index contributed by atoms with van der Waals surface area (Å²) >= 11 is 0. The number of carbonyl (C=O) groups is 2. The minimum atomic E-state index is -1.56. The standard InChI is InChI=1S/C21H25N3O4/c1-21(2,24-13-11-23-12-14-24)19(25)18(20(26)27)28-17-5-3-15(4-6-17)16-7-9-22-10-8-16/h3-10,18,23H,11-14H2,1-2H3,(H,26,27). The van der Waals surface area contributed by atoms with Crippen molar-refractivity contribution >= 4 is 11.8 Å². The predicted molar refractivity (Wildman–Crippen MR) is 105 cm³/mol. The zero-order chi connectivity index (χ0) is 20.1. The molecule has 0 radical (unpaired) electrons.